The molecule has 0 radical (unpaired) electrons. The first kappa shape index (κ1) is 13.0. The molecule has 1 heteroatoms. The second kappa shape index (κ2) is 4.23. The Labute approximate surface area is 113 Å². The minimum atomic E-state index is 0.514. The van der Waals surface area contributed by atoms with E-state index in [1.165, 1.54) is 44.9 Å². The van der Waals surface area contributed by atoms with Gasteiger partial charge >= 0.3 is 0 Å². The summed E-state index contributed by atoms with van der Waals surface area (Å²) in [5.41, 5.74) is 1.10. The summed E-state index contributed by atoms with van der Waals surface area (Å²) in [6, 6.07) is 1.48. The smallest absolute Gasteiger partial charge is 0.0177 e. The van der Waals surface area contributed by atoms with Crippen molar-refractivity contribution in [3.05, 3.63) is 0 Å². The molecule has 1 unspecified atom stereocenters. The van der Waals surface area contributed by atoms with Crippen LogP contribution >= 0.6 is 0 Å². The van der Waals surface area contributed by atoms with Crippen LogP contribution in [0.4, 0.5) is 0 Å². The molecule has 4 atom stereocenters. The lowest BCUT2D eigenvalue weighted by atomic mass is 9.68. The maximum Gasteiger partial charge on any atom is 0.0177 e. The molecule has 3 saturated carbocycles. The molecule has 0 spiro atoms. The van der Waals surface area contributed by atoms with Gasteiger partial charge in [0.15, 0.2) is 0 Å². The van der Waals surface area contributed by atoms with Gasteiger partial charge in [-0.1, -0.05) is 33.6 Å². The summed E-state index contributed by atoms with van der Waals surface area (Å²) in [6.07, 6.45) is 10.2. The summed E-state index contributed by atoms with van der Waals surface area (Å²) < 4.78 is 0. The normalized spacial score (nSPS) is 44.7. The topological polar surface area (TPSA) is 12.0 Å². The van der Waals surface area contributed by atoms with E-state index in [9.17, 15) is 0 Å². The third-order valence-corrected chi connectivity index (χ3v) is 6.81. The maximum absolute atomic E-state index is 4.08. The highest BCUT2D eigenvalue weighted by atomic mass is 15.0. The minimum absolute atomic E-state index is 0.514. The van der Waals surface area contributed by atoms with Gasteiger partial charge < -0.3 is 5.32 Å². The van der Waals surface area contributed by atoms with E-state index in [0.29, 0.717) is 10.8 Å². The van der Waals surface area contributed by atoms with E-state index in [1.54, 1.807) is 0 Å². The van der Waals surface area contributed by atoms with Crippen LogP contribution in [-0.2, 0) is 0 Å². The molecule has 0 saturated heterocycles. The Hall–Kier alpha value is -0.0400. The molecule has 0 aromatic rings. The molecule has 104 valence electrons. The van der Waals surface area contributed by atoms with Crippen LogP contribution in [0.3, 0.4) is 0 Å². The molecule has 1 N–H and O–H groups in total. The van der Waals surface area contributed by atoms with Gasteiger partial charge in [0.1, 0.15) is 0 Å². The highest BCUT2D eigenvalue weighted by Gasteiger charge is 2.59. The second-order valence-electron chi connectivity index (χ2n) is 8.35. The molecule has 0 aliphatic heterocycles. The largest absolute Gasteiger partial charge is 0.310 e. The van der Waals surface area contributed by atoms with Crippen molar-refractivity contribution in [2.24, 2.45) is 22.7 Å². The molecular formula is C17H31N. The van der Waals surface area contributed by atoms with E-state index in [0.717, 1.165) is 23.9 Å². The average Bonchev–Trinajstić information content (AvgIpc) is 2.96. The molecule has 0 amide bonds. The van der Waals surface area contributed by atoms with Crippen molar-refractivity contribution in [2.45, 2.75) is 84.7 Å². The lowest BCUT2D eigenvalue weighted by Gasteiger charge is -2.45. The molecule has 0 aromatic carbocycles. The van der Waals surface area contributed by atoms with E-state index in [-0.39, 0.29) is 0 Å². The Kier molecular flexibility index (Phi) is 3.05. The summed E-state index contributed by atoms with van der Waals surface area (Å²) in [6.45, 7) is 10.0. The summed E-state index contributed by atoms with van der Waals surface area (Å²) in [5, 5.41) is 4.08. The van der Waals surface area contributed by atoms with E-state index < -0.39 is 0 Å². The van der Waals surface area contributed by atoms with Crippen molar-refractivity contribution in [2.75, 3.05) is 0 Å². The number of hydrogen-bond acceptors (Lipinski definition) is 1. The monoisotopic (exact) mass is 249 g/mol. The SMILES string of the molecule is C[C@@H](NC1C(C)(C)[C@H]2CC[C@]1(C)C2)C1CCCC1. The zero-order valence-corrected chi connectivity index (χ0v) is 12.8. The molecule has 18 heavy (non-hydrogen) atoms. The van der Waals surface area contributed by atoms with Crippen LogP contribution in [0, 0.1) is 22.7 Å². The maximum atomic E-state index is 4.08. The van der Waals surface area contributed by atoms with Crippen LogP contribution in [0.5, 0.6) is 0 Å². The Balaban J connectivity index is 1.71. The average molecular weight is 249 g/mol. The summed E-state index contributed by atoms with van der Waals surface area (Å²) >= 11 is 0. The number of fused-ring (bicyclic) bond motifs is 2. The van der Waals surface area contributed by atoms with Crippen LogP contribution in [0.25, 0.3) is 0 Å². The van der Waals surface area contributed by atoms with Crippen molar-refractivity contribution in [3.8, 4) is 0 Å². The van der Waals surface area contributed by atoms with Crippen molar-refractivity contribution in [1.82, 2.24) is 5.32 Å². The van der Waals surface area contributed by atoms with Crippen molar-refractivity contribution >= 4 is 0 Å². The molecule has 1 nitrogen and oxygen atoms in total. The van der Waals surface area contributed by atoms with Gasteiger partial charge in [-0.25, -0.2) is 0 Å². The van der Waals surface area contributed by atoms with Gasteiger partial charge in [-0.2, -0.15) is 0 Å². The van der Waals surface area contributed by atoms with Gasteiger partial charge in [0.25, 0.3) is 0 Å². The molecule has 0 heterocycles. The van der Waals surface area contributed by atoms with Gasteiger partial charge in [0.05, 0.1) is 0 Å². The second-order valence-corrected chi connectivity index (χ2v) is 8.35. The Morgan fingerprint density at radius 3 is 2.28 bits per heavy atom. The number of rotatable bonds is 3. The Morgan fingerprint density at radius 1 is 1.06 bits per heavy atom. The first-order valence-electron chi connectivity index (χ1n) is 8.19. The van der Waals surface area contributed by atoms with Gasteiger partial charge in [-0.05, 0) is 61.7 Å². The highest BCUT2D eigenvalue weighted by Crippen LogP contribution is 2.62. The predicted molar refractivity (Wildman–Crippen MR) is 77.6 cm³/mol. The molecule has 2 bridgehead atoms. The summed E-state index contributed by atoms with van der Waals surface area (Å²) in [7, 11) is 0. The van der Waals surface area contributed by atoms with Crippen LogP contribution < -0.4 is 5.32 Å². The standard InChI is InChI=1S/C17H31N/c1-12(13-7-5-6-8-13)18-15-16(2,3)14-9-10-17(15,4)11-14/h12-15,18H,5-11H2,1-4H3/t12-,14+,15?,17-/m1/s1. The Bertz CT molecular complexity index is 311. The highest BCUT2D eigenvalue weighted by molar-refractivity contribution is 5.12. The third kappa shape index (κ3) is 1.85. The van der Waals surface area contributed by atoms with Crippen LogP contribution in [-0.4, -0.2) is 12.1 Å². The number of nitrogens with one attached hydrogen (secondary N) is 1. The zero-order valence-electron chi connectivity index (χ0n) is 12.8. The van der Waals surface area contributed by atoms with Crippen LogP contribution in [0.2, 0.25) is 0 Å². The molecule has 0 aromatic heterocycles. The van der Waals surface area contributed by atoms with E-state index in [2.05, 4.69) is 33.0 Å². The summed E-state index contributed by atoms with van der Waals surface area (Å²) in [5.74, 6) is 1.92. The Morgan fingerprint density at radius 2 is 1.72 bits per heavy atom. The van der Waals surface area contributed by atoms with Gasteiger partial charge in [0.2, 0.25) is 0 Å². The van der Waals surface area contributed by atoms with Gasteiger partial charge in [-0.3, -0.25) is 0 Å². The first-order valence-corrected chi connectivity index (χ1v) is 8.19. The molecular weight excluding hydrogens is 218 g/mol. The molecule has 3 rings (SSSR count). The zero-order chi connectivity index (χ0) is 13.0. The molecule has 3 aliphatic rings. The molecule has 3 aliphatic carbocycles. The van der Waals surface area contributed by atoms with Gasteiger partial charge in [-0.15, -0.1) is 0 Å². The van der Waals surface area contributed by atoms with Gasteiger partial charge in [0, 0.05) is 12.1 Å². The van der Waals surface area contributed by atoms with E-state index in [1.807, 2.05) is 0 Å². The first-order chi connectivity index (χ1) is 8.43. The quantitative estimate of drug-likeness (QED) is 0.783. The summed E-state index contributed by atoms with van der Waals surface area (Å²) in [4.78, 5) is 0. The van der Waals surface area contributed by atoms with Crippen molar-refractivity contribution in [1.29, 1.82) is 0 Å². The van der Waals surface area contributed by atoms with E-state index in [4.69, 9.17) is 0 Å². The lowest BCUT2D eigenvalue weighted by molar-refractivity contribution is 0.0922. The van der Waals surface area contributed by atoms with Crippen LogP contribution in [0.15, 0.2) is 0 Å². The number of hydrogen-bond donors (Lipinski definition) is 1. The predicted octanol–water partition coefficient (Wildman–Crippen LogP) is 4.37. The fourth-order valence-corrected chi connectivity index (χ4v) is 5.57. The van der Waals surface area contributed by atoms with E-state index >= 15 is 0 Å². The van der Waals surface area contributed by atoms with Crippen molar-refractivity contribution in [3.63, 3.8) is 0 Å². The molecule has 3 fully saturated rings. The lowest BCUT2D eigenvalue weighted by Crippen LogP contribution is -2.54. The fraction of sp³-hybridized carbons (Fsp3) is 1.00. The van der Waals surface area contributed by atoms with Crippen LogP contribution in [0.1, 0.15) is 72.6 Å². The van der Waals surface area contributed by atoms with Crippen molar-refractivity contribution < 1.29 is 0 Å². The fourth-order valence-electron chi connectivity index (χ4n) is 5.57. The minimum Gasteiger partial charge on any atom is -0.310 e. The third-order valence-electron chi connectivity index (χ3n) is 6.81.